The number of amides is 1. The maximum Gasteiger partial charge on any atom is 0.260 e. The molecule has 0 saturated heterocycles. The van der Waals surface area contributed by atoms with Gasteiger partial charge in [-0.3, -0.25) is 9.10 Å². The van der Waals surface area contributed by atoms with Crippen LogP contribution in [0, 0.1) is 13.8 Å². The smallest absolute Gasteiger partial charge is 0.260 e. The first kappa shape index (κ1) is 19.9. The van der Waals surface area contributed by atoms with Gasteiger partial charge in [0.15, 0.2) is 0 Å². The first-order chi connectivity index (χ1) is 12.2. The average molecular weight is 394 g/mol. The van der Waals surface area contributed by atoms with Crippen LogP contribution in [0.15, 0.2) is 47.6 Å². The molecule has 0 spiro atoms. The van der Waals surface area contributed by atoms with E-state index < -0.39 is 15.9 Å². The van der Waals surface area contributed by atoms with Gasteiger partial charge in [-0.2, -0.15) is 5.10 Å². The van der Waals surface area contributed by atoms with E-state index in [1.807, 2.05) is 19.9 Å². The third-order valence-corrected chi connectivity index (χ3v) is 5.30. The first-order valence-corrected chi connectivity index (χ1v) is 10.0. The number of carbonyl (C=O) groups is 1. The van der Waals surface area contributed by atoms with Crippen LogP contribution in [0.5, 0.6) is 0 Å². The van der Waals surface area contributed by atoms with E-state index in [2.05, 4.69) is 10.5 Å². The van der Waals surface area contributed by atoms with Gasteiger partial charge in [0.1, 0.15) is 6.54 Å². The van der Waals surface area contributed by atoms with E-state index in [9.17, 15) is 13.2 Å². The Labute approximate surface area is 158 Å². The van der Waals surface area contributed by atoms with Crippen molar-refractivity contribution in [2.75, 3.05) is 17.1 Å². The van der Waals surface area contributed by atoms with Crippen LogP contribution < -0.4 is 9.73 Å². The highest BCUT2D eigenvalue weighted by Crippen LogP contribution is 2.24. The number of anilines is 1. The number of benzene rings is 2. The third kappa shape index (κ3) is 5.06. The summed E-state index contributed by atoms with van der Waals surface area (Å²) in [6.45, 7) is 3.33. The number of halogens is 1. The second-order valence-electron chi connectivity index (χ2n) is 5.80. The van der Waals surface area contributed by atoms with Gasteiger partial charge in [-0.1, -0.05) is 41.9 Å². The molecule has 138 valence electrons. The van der Waals surface area contributed by atoms with Gasteiger partial charge in [0.05, 0.1) is 18.2 Å². The second kappa shape index (κ2) is 8.33. The molecular formula is C18H20ClN3O3S. The SMILES string of the molecule is Cc1cccc(N(CC(=O)N/N=C\c2ccccc2Cl)S(C)(=O)=O)c1C. The van der Waals surface area contributed by atoms with E-state index in [0.29, 0.717) is 16.3 Å². The Kier molecular flexibility index (Phi) is 6.39. The van der Waals surface area contributed by atoms with Crippen molar-refractivity contribution >= 4 is 39.4 Å². The van der Waals surface area contributed by atoms with Gasteiger partial charge in [-0.15, -0.1) is 0 Å². The Morgan fingerprint density at radius 2 is 1.88 bits per heavy atom. The van der Waals surface area contributed by atoms with Gasteiger partial charge in [-0.25, -0.2) is 13.8 Å². The molecule has 2 aromatic carbocycles. The van der Waals surface area contributed by atoms with E-state index in [1.165, 1.54) is 6.21 Å². The lowest BCUT2D eigenvalue weighted by Crippen LogP contribution is -2.39. The summed E-state index contributed by atoms with van der Waals surface area (Å²) in [5.41, 5.74) is 5.18. The molecule has 2 aromatic rings. The number of hydrogen-bond donors (Lipinski definition) is 1. The third-order valence-electron chi connectivity index (χ3n) is 3.83. The van der Waals surface area contributed by atoms with Crippen molar-refractivity contribution in [1.82, 2.24) is 5.43 Å². The summed E-state index contributed by atoms with van der Waals surface area (Å²) in [6, 6.07) is 12.3. The molecule has 0 radical (unpaired) electrons. The predicted octanol–water partition coefficient (Wildman–Crippen LogP) is 2.87. The minimum atomic E-state index is -3.64. The molecular weight excluding hydrogens is 374 g/mol. The molecule has 0 aliphatic carbocycles. The van der Waals surface area contributed by atoms with Crippen molar-refractivity contribution in [2.45, 2.75) is 13.8 Å². The van der Waals surface area contributed by atoms with Crippen LogP contribution in [0.4, 0.5) is 5.69 Å². The Hall–Kier alpha value is -2.38. The van der Waals surface area contributed by atoms with E-state index in [0.717, 1.165) is 21.7 Å². The van der Waals surface area contributed by atoms with Crippen LogP contribution in [-0.4, -0.2) is 33.3 Å². The van der Waals surface area contributed by atoms with Gasteiger partial charge >= 0.3 is 0 Å². The van der Waals surface area contributed by atoms with Gasteiger partial charge in [-0.05, 0) is 37.1 Å². The topological polar surface area (TPSA) is 78.8 Å². The van der Waals surface area contributed by atoms with Crippen LogP contribution in [0.2, 0.25) is 5.02 Å². The zero-order chi connectivity index (χ0) is 19.3. The highest BCUT2D eigenvalue weighted by Gasteiger charge is 2.22. The van der Waals surface area contributed by atoms with Gasteiger partial charge < -0.3 is 0 Å². The van der Waals surface area contributed by atoms with Crippen LogP contribution in [-0.2, 0) is 14.8 Å². The normalized spacial score (nSPS) is 11.5. The van der Waals surface area contributed by atoms with Crippen molar-refractivity contribution in [2.24, 2.45) is 5.10 Å². The summed E-state index contributed by atoms with van der Waals surface area (Å²) in [7, 11) is -3.64. The molecule has 0 aromatic heterocycles. The van der Waals surface area contributed by atoms with E-state index in [4.69, 9.17) is 11.6 Å². The Morgan fingerprint density at radius 3 is 2.54 bits per heavy atom. The van der Waals surface area contributed by atoms with Crippen LogP contribution in [0.1, 0.15) is 16.7 Å². The van der Waals surface area contributed by atoms with Crippen molar-refractivity contribution in [1.29, 1.82) is 0 Å². The molecule has 0 aliphatic heterocycles. The monoisotopic (exact) mass is 393 g/mol. The molecule has 2 rings (SSSR count). The molecule has 1 amide bonds. The number of nitrogens with zero attached hydrogens (tertiary/aromatic N) is 2. The Bertz CT molecular complexity index is 942. The Morgan fingerprint density at radius 1 is 1.19 bits per heavy atom. The molecule has 0 fully saturated rings. The minimum Gasteiger partial charge on any atom is -0.271 e. The van der Waals surface area contributed by atoms with Crippen LogP contribution in [0.25, 0.3) is 0 Å². The number of sulfonamides is 1. The van der Waals surface area contributed by atoms with Crippen molar-refractivity contribution in [3.05, 3.63) is 64.2 Å². The molecule has 0 bridgehead atoms. The largest absolute Gasteiger partial charge is 0.271 e. The van der Waals surface area contributed by atoms with Crippen molar-refractivity contribution < 1.29 is 13.2 Å². The van der Waals surface area contributed by atoms with E-state index in [-0.39, 0.29) is 6.54 Å². The van der Waals surface area contributed by atoms with Crippen molar-refractivity contribution in [3.8, 4) is 0 Å². The first-order valence-electron chi connectivity index (χ1n) is 7.80. The number of nitrogens with one attached hydrogen (secondary N) is 1. The number of aryl methyl sites for hydroxylation is 1. The minimum absolute atomic E-state index is 0.372. The fourth-order valence-electron chi connectivity index (χ4n) is 2.31. The van der Waals surface area contributed by atoms with Crippen LogP contribution in [0.3, 0.4) is 0 Å². The molecule has 0 atom stereocenters. The maximum atomic E-state index is 12.2. The predicted molar refractivity (Wildman–Crippen MR) is 105 cm³/mol. The lowest BCUT2D eigenvalue weighted by atomic mass is 10.1. The quantitative estimate of drug-likeness (QED) is 0.605. The number of rotatable bonds is 6. The number of hydrogen-bond acceptors (Lipinski definition) is 4. The number of carbonyl (C=O) groups excluding carboxylic acids is 1. The zero-order valence-corrected chi connectivity index (χ0v) is 16.3. The fraction of sp³-hybridized carbons (Fsp3) is 0.222. The van der Waals surface area contributed by atoms with Gasteiger partial charge in [0, 0.05) is 10.6 Å². The molecule has 0 heterocycles. The molecule has 8 heteroatoms. The zero-order valence-electron chi connectivity index (χ0n) is 14.7. The Balaban J connectivity index is 2.15. The summed E-state index contributed by atoms with van der Waals surface area (Å²) >= 11 is 6.00. The van der Waals surface area contributed by atoms with Gasteiger partial charge in [0.2, 0.25) is 10.0 Å². The molecule has 26 heavy (non-hydrogen) atoms. The highest BCUT2D eigenvalue weighted by atomic mass is 35.5. The maximum absolute atomic E-state index is 12.2. The highest BCUT2D eigenvalue weighted by molar-refractivity contribution is 7.92. The molecule has 0 unspecified atom stereocenters. The molecule has 0 aliphatic rings. The molecule has 6 nitrogen and oxygen atoms in total. The second-order valence-corrected chi connectivity index (χ2v) is 8.12. The molecule has 0 saturated carbocycles. The van der Waals surface area contributed by atoms with E-state index in [1.54, 1.807) is 36.4 Å². The summed E-state index contributed by atoms with van der Waals surface area (Å²) in [6.07, 6.45) is 2.47. The number of hydrazone groups is 1. The van der Waals surface area contributed by atoms with Crippen molar-refractivity contribution in [3.63, 3.8) is 0 Å². The lowest BCUT2D eigenvalue weighted by molar-refractivity contribution is -0.119. The van der Waals surface area contributed by atoms with E-state index >= 15 is 0 Å². The van der Waals surface area contributed by atoms with Gasteiger partial charge in [0.25, 0.3) is 5.91 Å². The molecule has 1 N–H and O–H groups in total. The van der Waals surface area contributed by atoms with Crippen LogP contribution >= 0.6 is 11.6 Å². The summed E-state index contributed by atoms with van der Waals surface area (Å²) in [4.78, 5) is 12.2. The lowest BCUT2D eigenvalue weighted by Gasteiger charge is -2.23. The summed E-state index contributed by atoms with van der Waals surface area (Å²) in [5.74, 6) is -0.556. The average Bonchev–Trinajstić information content (AvgIpc) is 2.56. The summed E-state index contributed by atoms with van der Waals surface area (Å²) < 4.78 is 25.4. The summed E-state index contributed by atoms with van der Waals surface area (Å²) in [5, 5.41) is 4.34. The standard InChI is InChI=1S/C18H20ClN3O3S/c1-13-7-6-10-17(14(13)2)22(26(3,24)25)12-18(23)21-20-11-15-8-4-5-9-16(15)19/h4-11H,12H2,1-3H3,(H,21,23)/b20-11-. The fourth-order valence-corrected chi connectivity index (χ4v) is 3.40.